The lowest BCUT2D eigenvalue weighted by atomic mass is 9.98. The maximum absolute atomic E-state index is 13.5. The average molecular weight is 243 g/mol. The van der Waals surface area contributed by atoms with Gasteiger partial charge in [-0.3, -0.25) is 0 Å². The molecule has 0 bridgehead atoms. The van der Waals surface area contributed by atoms with Crippen LogP contribution in [0.15, 0.2) is 48.5 Å². The third kappa shape index (κ3) is 3.17. The monoisotopic (exact) mass is 243 g/mol. The van der Waals surface area contributed by atoms with Crippen LogP contribution < -0.4 is 5.73 Å². The van der Waals surface area contributed by atoms with Crippen molar-refractivity contribution in [3.8, 4) is 0 Å². The van der Waals surface area contributed by atoms with Gasteiger partial charge in [-0.15, -0.1) is 0 Å². The van der Waals surface area contributed by atoms with E-state index >= 15 is 0 Å². The first kappa shape index (κ1) is 12.8. The Morgan fingerprint density at radius 3 is 2.61 bits per heavy atom. The summed E-state index contributed by atoms with van der Waals surface area (Å²) < 4.78 is 13.5. The molecule has 0 spiro atoms. The third-order valence-corrected chi connectivity index (χ3v) is 3.13. The maximum Gasteiger partial charge on any atom is 0.127 e. The highest BCUT2D eigenvalue weighted by Gasteiger charge is 2.10. The summed E-state index contributed by atoms with van der Waals surface area (Å²) in [6.45, 7) is 2.07. The Hall–Kier alpha value is -1.67. The van der Waals surface area contributed by atoms with Crippen molar-refractivity contribution in [2.24, 2.45) is 5.73 Å². The summed E-state index contributed by atoms with van der Waals surface area (Å²) in [5, 5.41) is 0. The number of hydrogen-bond donors (Lipinski definition) is 1. The summed E-state index contributed by atoms with van der Waals surface area (Å²) in [4.78, 5) is 0. The molecular formula is C16H18FN. The lowest BCUT2D eigenvalue weighted by molar-refractivity contribution is 0.564. The van der Waals surface area contributed by atoms with E-state index in [0.29, 0.717) is 5.56 Å². The molecule has 0 radical (unpaired) electrons. The first-order chi connectivity index (χ1) is 8.66. The van der Waals surface area contributed by atoms with Crippen molar-refractivity contribution in [3.63, 3.8) is 0 Å². The van der Waals surface area contributed by atoms with Gasteiger partial charge in [0.05, 0.1) is 0 Å². The molecule has 1 nitrogen and oxygen atoms in total. The lowest BCUT2D eigenvalue weighted by Gasteiger charge is -2.13. The Kier molecular flexibility index (Phi) is 4.11. The topological polar surface area (TPSA) is 26.0 Å². The lowest BCUT2D eigenvalue weighted by Crippen LogP contribution is -2.13. The van der Waals surface area contributed by atoms with E-state index < -0.39 is 0 Å². The van der Waals surface area contributed by atoms with E-state index in [0.717, 1.165) is 12.8 Å². The van der Waals surface area contributed by atoms with Gasteiger partial charge in [0, 0.05) is 11.6 Å². The number of rotatable bonds is 4. The standard InChI is InChI=1S/C16H18FN/c1-12-5-4-6-13(11-12)9-10-16(18)14-7-2-3-8-15(14)17/h2-8,11,16H,9-10,18H2,1H3. The first-order valence-electron chi connectivity index (χ1n) is 6.22. The minimum absolute atomic E-state index is 0.214. The highest BCUT2D eigenvalue weighted by molar-refractivity contribution is 5.24. The van der Waals surface area contributed by atoms with Crippen LogP contribution in [0.4, 0.5) is 4.39 Å². The normalized spacial score (nSPS) is 12.4. The molecule has 0 aliphatic rings. The van der Waals surface area contributed by atoms with Gasteiger partial charge in [-0.05, 0) is 31.4 Å². The van der Waals surface area contributed by atoms with Gasteiger partial charge in [0.15, 0.2) is 0 Å². The predicted molar refractivity (Wildman–Crippen MR) is 72.8 cm³/mol. The van der Waals surface area contributed by atoms with Crippen molar-refractivity contribution >= 4 is 0 Å². The average Bonchev–Trinajstić information content (AvgIpc) is 2.37. The maximum atomic E-state index is 13.5. The second-order valence-corrected chi connectivity index (χ2v) is 4.66. The molecule has 1 unspecified atom stereocenters. The van der Waals surface area contributed by atoms with E-state index in [4.69, 9.17) is 5.73 Å². The zero-order chi connectivity index (χ0) is 13.0. The molecule has 18 heavy (non-hydrogen) atoms. The fraction of sp³-hybridized carbons (Fsp3) is 0.250. The van der Waals surface area contributed by atoms with Crippen LogP contribution >= 0.6 is 0 Å². The van der Waals surface area contributed by atoms with Crippen molar-refractivity contribution in [2.75, 3.05) is 0 Å². The molecule has 2 heteroatoms. The molecule has 2 N–H and O–H groups in total. The van der Waals surface area contributed by atoms with E-state index in [-0.39, 0.29) is 11.9 Å². The fourth-order valence-electron chi connectivity index (χ4n) is 2.12. The van der Waals surface area contributed by atoms with Crippen LogP contribution in [0.5, 0.6) is 0 Å². The highest BCUT2D eigenvalue weighted by atomic mass is 19.1. The molecule has 0 aliphatic carbocycles. The molecule has 2 aromatic carbocycles. The van der Waals surface area contributed by atoms with Crippen LogP contribution in [-0.4, -0.2) is 0 Å². The van der Waals surface area contributed by atoms with Gasteiger partial charge >= 0.3 is 0 Å². The molecule has 0 aromatic heterocycles. The van der Waals surface area contributed by atoms with E-state index in [1.807, 2.05) is 12.1 Å². The number of benzene rings is 2. The molecule has 0 amide bonds. The minimum atomic E-state index is -0.244. The van der Waals surface area contributed by atoms with Crippen molar-refractivity contribution in [2.45, 2.75) is 25.8 Å². The minimum Gasteiger partial charge on any atom is -0.324 e. The van der Waals surface area contributed by atoms with Crippen LogP contribution in [0.1, 0.15) is 29.2 Å². The van der Waals surface area contributed by atoms with Crippen molar-refractivity contribution in [3.05, 3.63) is 71.0 Å². The third-order valence-electron chi connectivity index (χ3n) is 3.13. The Balaban J connectivity index is 2.00. The zero-order valence-corrected chi connectivity index (χ0v) is 10.6. The van der Waals surface area contributed by atoms with Gasteiger partial charge in [0.25, 0.3) is 0 Å². The summed E-state index contributed by atoms with van der Waals surface area (Å²) in [5.74, 6) is -0.214. The molecular weight excluding hydrogens is 225 g/mol. The summed E-state index contributed by atoms with van der Waals surface area (Å²) in [5.41, 5.74) is 9.14. The smallest absolute Gasteiger partial charge is 0.127 e. The molecule has 2 aromatic rings. The number of aryl methyl sites for hydroxylation is 2. The molecule has 0 saturated heterocycles. The second-order valence-electron chi connectivity index (χ2n) is 4.66. The largest absolute Gasteiger partial charge is 0.324 e. The predicted octanol–water partition coefficient (Wildman–Crippen LogP) is 3.77. The molecule has 94 valence electrons. The molecule has 2 rings (SSSR count). The van der Waals surface area contributed by atoms with Gasteiger partial charge in [-0.25, -0.2) is 4.39 Å². The summed E-state index contributed by atoms with van der Waals surface area (Å²) in [7, 11) is 0. The summed E-state index contributed by atoms with van der Waals surface area (Å²) >= 11 is 0. The van der Waals surface area contributed by atoms with E-state index in [2.05, 4.69) is 25.1 Å². The highest BCUT2D eigenvalue weighted by Crippen LogP contribution is 2.19. The van der Waals surface area contributed by atoms with Crippen molar-refractivity contribution in [1.82, 2.24) is 0 Å². The summed E-state index contributed by atoms with van der Waals surface area (Å²) in [6.07, 6.45) is 1.63. The Bertz CT molecular complexity index is 522. The quantitative estimate of drug-likeness (QED) is 0.869. The van der Waals surface area contributed by atoms with Crippen LogP contribution in [-0.2, 0) is 6.42 Å². The fourth-order valence-corrected chi connectivity index (χ4v) is 2.12. The molecule has 0 aliphatic heterocycles. The van der Waals surface area contributed by atoms with E-state index in [1.165, 1.54) is 17.2 Å². The Morgan fingerprint density at radius 2 is 1.89 bits per heavy atom. The summed E-state index contributed by atoms with van der Waals surface area (Å²) in [6, 6.07) is 14.8. The van der Waals surface area contributed by atoms with Gasteiger partial charge < -0.3 is 5.73 Å². The number of hydrogen-bond acceptors (Lipinski definition) is 1. The molecule has 0 fully saturated rings. The Labute approximate surface area is 107 Å². The van der Waals surface area contributed by atoms with Crippen LogP contribution in [0, 0.1) is 12.7 Å². The zero-order valence-electron chi connectivity index (χ0n) is 10.6. The van der Waals surface area contributed by atoms with Crippen molar-refractivity contribution < 1.29 is 4.39 Å². The Morgan fingerprint density at radius 1 is 1.11 bits per heavy atom. The van der Waals surface area contributed by atoms with E-state index in [9.17, 15) is 4.39 Å². The van der Waals surface area contributed by atoms with Gasteiger partial charge in [0.1, 0.15) is 5.82 Å². The first-order valence-corrected chi connectivity index (χ1v) is 6.22. The number of halogens is 1. The molecule has 1 atom stereocenters. The van der Waals surface area contributed by atoms with Crippen LogP contribution in [0.25, 0.3) is 0 Å². The second kappa shape index (κ2) is 5.78. The van der Waals surface area contributed by atoms with Gasteiger partial charge in [-0.2, -0.15) is 0 Å². The molecule has 0 saturated carbocycles. The van der Waals surface area contributed by atoms with Crippen molar-refractivity contribution in [1.29, 1.82) is 0 Å². The molecule has 0 heterocycles. The number of nitrogens with two attached hydrogens (primary N) is 1. The van der Waals surface area contributed by atoms with E-state index in [1.54, 1.807) is 12.1 Å². The van der Waals surface area contributed by atoms with Gasteiger partial charge in [-0.1, -0.05) is 48.0 Å². The SMILES string of the molecule is Cc1cccc(CCC(N)c2ccccc2F)c1. The van der Waals surface area contributed by atoms with Crippen LogP contribution in [0.3, 0.4) is 0 Å². The van der Waals surface area contributed by atoms with Gasteiger partial charge in [0.2, 0.25) is 0 Å². The van der Waals surface area contributed by atoms with Crippen LogP contribution in [0.2, 0.25) is 0 Å².